The van der Waals surface area contributed by atoms with E-state index in [-0.39, 0.29) is 17.0 Å². The monoisotopic (exact) mass is 412 g/mol. The van der Waals surface area contributed by atoms with Crippen molar-refractivity contribution >= 4 is 30.2 Å². The molecule has 0 saturated carbocycles. The number of thioether (sulfide) groups is 1. The summed E-state index contributed by atoms with van der Waals surface area (Å²) in [6, 6.07) is 3.94. The number of Topliss-reactive ketones (excluding diaryl/α,β-unsaturated/α-hetero) is 1. The fraction of sp³-hybridized carbons (Fsp3) is 0.700. The van der Waals surface area contributed by atoms with Crippen molar-refractivity contribution in [1.29, 1.82) is 0 Å². The summed E-state index contributed by atoms with van der Waals surface area (Å²) in [5.41, 5.74) is 1.07. The molecule has 5 nitrogen and oxygen atoms in total. The third kappa shape index (κ3) is 8.42. The SMILES string of the molecule is CC(S)CSC(CC(=O)C(C)C)c1ccc(OCCN2CCOCC2)nc1. The van der Waals surface area contributed by atoms with Gasteiger partial charge in [0.2, 0.25) is 5.88 Å². The molecule has 0 spiro atoms. The number of ketones is 1. The van der Waals surface area contributed by atoms with Crippen molar-refractivity contribution in [3.8, 4) is 5.88 Å². The lowest BCUT2D eigenvalue weighted by Crippen LogP contribution is -2.38. The Morgan fingerprint density at radius 3 is 2.67 bits per heavy atom. The first kappa shape index (κ1) is 22.5. The molecule has 0 aromatic carbocycles. The molecule has 2 unspecified atom stereocenters. The second-order valence-electron chi connectivity index (χ2n) is 7.23. The number of ether oxygens (including phenoxy) is 2. The van der Waals surface area contributed by atoms with Crippen LogP contribution in [-0.4, -0.2) is 66.1 Å². The summed E-state index contributed by atoms with van der Waals surface area (Å²) in [5, 5.41) is 0.409. The number of morpholine rings is 1. The summed E-state index contributed by atoms with van der Waals surface area (Å²) < 4.78 is 11.1. The van der Waals surface area contributed by atoms with Gasteiger partial charge in [-0.25, -0.2) is 4.98 Å². The number of carbonyl (C=O) groups excluding carboxylic acids is 1. The zero-order valence-electron chi connectivity index (χ0n) is 16.6. The fourth-order valence-corrected chi connectivity index (χ4v) is 4.10. The first-order valence-corrected chi connectivity index (χ1v) is 11.2. The van der Waals surface area contributed by atoms with Crippen LogP contribution >= 0.6 is 24.4 Å². The number of thiol groups is 1. The van der Waals surface area contributed by atoms with Crippen LogP contribution in [0.5, 0.6) is 5.88 Å². The van der Waals surface area contributed by atoms with Crippen molar-refractivity contribution < 1.29 is 14.3 Å². The molecule has 1 saturated heterocycles. The van der Waals surface area contributed by atoms with Gasteiger partial charge in [-0.05, 0) is 5.56 Å². The Morgan fingerprint density at radius 1 is 1.33 bits per heavy atom. The molecule has 0 radical (unpaired) electrons. The van der Waals surface area contributed by atoms with E-state index >= 15 is 0 Å². The number of carbonyl (C=O) groups is 1. The number of hydrogen-bond acceptors (Lipinski definition) is 7. The molecular formula is C20H32N2O3S2. The van der Waals surface area contributed by atoms with Gasteiger partial charge in [0.05, 0.1) is 13.2 Å². The van der Waals surface area contributed by atoms with Crippen molar-refractivity contribution in [3.63, 3.8) is 0 Å². The first-order valence-electron chi connectivity index (χ1n) is 9.67. The lowest BCUT2D eigenvalue weighted by molar-refractivity contribution is -0.121. The predicted molar refractivity (Wildman–Crippen MR) is 115 cm³/mol. The summed E-state index contributed by atoms with van der Waals surface area (Å²) in [6.45, 7) is 11.0. The number of aromatic nitrogens is 1. The van der Waals surface area contributed by atoms with Gasteiger partial charge in [0.25, 0.3) is 0 Å². The van der Waals surface area contributed by atoms with Crippen molar-refractivity contribution in [2.75, 3.05) is 45.2 Å². The molecule has 2 rings (SSSR count). The number of hydrogen-bond donors (Lipinski definition) is 1. The van der Waals surface area contributed by atoms with Crippen molar-refractivity contribution in [2.45, 2.75) is 37.7 Å². The van der Waals surface area contributed by atoms with Crippen molar-refractivity contribution in [1.82, 2.24) is 9.88 Å². The quantitative estimate of drug-likeness (QED) is 0.562. The Morgan fingerprint density at radius 2 is 2.07 bits per heavy atom. The van der Waals surface area contributed by atoms with Gasteiger partial charge in [0.15, 0.2) is 0 Å². The summed E-state index contributed by atoms with van der Waals surface area (Å²) in [6.07, 6.45) is 2.38. The molecule has 1 aliphatic heterocycles. The smallest absolute Gasteiger partial charge is 0.213 e. The highest BCUT2D eigenvalue weighted by Crippen LogP contribution is 2.34. The van der Waals surface area contributed by atoms with Crippen LogP contribution in [0, 0.1) is 5.92 Å². The van der Waals surface area contributed by atoms with E-state index in [1.165, 1.54) is 0 Å². The zero-order valence-corrected chi connectivity index (χ0v) is 18.3. The Balaban J connectivity index is 1.88. The molecule has 2 heterocycles. The lowest BCUT2D eigenvalue weighted by atomic mass is 10.0. The molecular weight excluding hydrogens is 380 g/mol. The van der Waals surface area contributed by atoms with Gasteiger partial charge in [0, 0.05) is 60.5 Å². The molecule has 152 valence electrons. The molecule has 1 aliphatic rings. The normalized spacial score (nSPS) is 17.7. The largest absolute Gasteiger partial charge is 0.476 e. The van der Waals surface area contributed by atoms with E-state index in [2.05, 4.69) is 29.4 Å². The van der Waals surface area contributed by atoms with Crippen LogP contribution in [0.2, 0.25) is 0 Å². The van der Waals surface area contributed by atoms with Gasteiger partial charge in [-0.3, -0.25) is 9.69 Å². The lowest BCUT2D eigenvalue weighted by Gasteiger charge is -2.26. The fourth-order valence-electron chi connectivity index (χ4n) is 2.72. The summed E-state index contributed by atoms with van der Waals surface area (Å²) >= 11 is 6.24. The Bertz CT molecular complexity index is 561. The topological polar surface area (TPSA) is 51.7 Å². The van der Waals surface area contributed by atoms with Gasteiger partial charge in [-0.15, -0.1) is 0 Å². The maximum Gasteiger partial charge on any atom is 0.213 e. The maximum absolute atomic E-state index is 12.2. The van der Waals surface area contributed by atoms with Crippen molar-refractivity contribution in [2.24, 2.45) is 5.92 Å². The van der Waals surface area contributed by atoms with E-state index in [1.807, 2.05) is 32.2 Å². The molecule has 0 N–H and O–H groups in total. The minimum absolute atomic E-state index is 0.0530. The highest BCUT2D eigenvalue weighted by atomic mass is 32.2. The molecule has 2 atom stereocenters. The Labute approximate surface area is 173 Å². The van der Waals surface area contributed by atoms with E-state index in [0.29, 0.717) is 24.2 Å². The third-order valence-corrected chi connectivity index (χ3v) is 6.42. The van der Waals surface area contributed by atoms with E-state index in [4.69, 9.17) is 9.47 Å². The van der Waals surface area contributed by atoms with E-state index < -0.39 is 0 Å². The summed E-state index contributed by atoms with van der Waals surface area (Å²) in [5.74, 6) is 1.87. The third-order valence-electron chi connectivity index (χ3n) is 4.46. The van der Waals surface area contributed by atoms with Crippen LogP contribution in [0.25, 0.3) is 0 Å². The van der Waals surface area contributed by atoms with Crippen molar-refractivity contribution in [3.05, 3.63) is 23.9 Å². The molecule has 0 aliphatic carbocycles. The molecule has 0 bridgehead atoms. The summed E-state index contributed by atoms with van der Waals surface area (Å²) in [4.78, 5) is 19.0. The van der Waals surface area contributed by atoms with Crippen LogP contribution in [0.1, 0.15) is 38.0 Å². The average Bonchev–Trinajstić information content (AvgIpc) is 2.66. The maximum atomic E-state index is 12.2. The molecule has 1 fully saturated rings. The zero-order chi connectivity index (χ0) is 19.6. The minimum Gasteiger partial charge on any atom is -0.476 e. The van der Waals surface area contributed by atoms with Crippen LogP contribution in [0.3, 0.4) is 0 Å². The van der Waals surface area contributed by atoms with Gasteiger partial charge in [-0.2, -0.15) is 24.4 Å². The highest BCUT2D eigenvalue weighted by Gasteiger charge is 2.20. The molecule has 7 heteroatoms. The van der Waals surface area contributed by atoms with Crippen LogP contribution < -0.4 is 4.74 Å². The molecule has 0 amide bonds. The van der Waals surface area contributed by atoms with Gasteiger partial charge >= 0.3 is 0 Å². The van der Waals surface area contributed by atoms with Crippen LogP contribution in [0.15, 0.2) is 18.3 Å². The number of pyridine rings is 1. The van der Waals surface area contributed by atoms with E-state index in [1.54, 1.807) is 11.8 Å². The van der Waals surface area contributed by atoms with Gasteiger partial charge < -0.3 is 9.47 Å². The molecule has 1 aromatic heterocycles. The second kappa shape index (κ2) is 11.9. The van der Waals surface area contributed by atoms with Crippen LogP contribution in [-0.2, 0) is 9.53 Å². The van der Waals surface area contributed by atoms with Crippen LogP contribution in [0.4, 0.5) is 0 Å². The predicted octanol–water partition coefficient (Wildman–Crippen LogP) is 3.50. The van der Waals surface area contributed by atoms with Gasteiger partial charge in [-0.1, -0.05) is 26.8 Å². The second-order valence-corrected chi connectivity index (χ2v) is 9.35. The van der Waals surface area contributed by atoms with Gasteiger partial charge in [0.1, 0.15) is 12.4 Å². The minimum atomic E-state index is 0.0530. The highest BCUT2D eigenvalue weighted by molar-refractivity contribution is 8.00. The van der Waals surface area contributed by atoms with E-state index in [9.17, 15) is 4.79 Å². The summed E-state index contributed by atoms with van der Waals surface area (Å²) in [7, 11) is 0. The average molecular weight is 413 g/mol. The number of rotatable bonds is 11. The molecule has 1 aromatic rings. The first-order chi connectivity index (χ1) is 13.0. The molecule has 27 heavy (non-hydrogen) atoms. The van der Waals surface area contributed by atoms with E-state index in [0.717, 1.165) is 44.2 Å². The standard InChI is InChI=1S/C20H32N2O3S2/c1-15(2)18(23)12-19(27-14-16(3)26)17-4-5-20(21-13-17)25-11-8-22-6-9-24-10-7-22/h4-5,13,15-16,19,26H,6-12,14H2,1-3H3. The Hall–Kier alpha value is -0.760. The Kier molecular flexibility index (Phi) is 9.96. The number of nitrogens with zero attached hydrogens (tertiary/aromatic N) is 2.